The number of nitrogens with two attached hydrogens (primary N) is 2. The molecule has 0 aliphatic carbocycles. The van der Waals surface area contributed by atoms with Crippen molar-refractivity contribution in [3.05, 3.63) is 78.4 Å². The number of nitrogens with zero attached hydrogens (tertiary/aromatic N) is 1. The topological polar surface area (TPSA) is 142 Å². The molecular formula is C24H25N5O3S. The SMILES string of the molecule is N=C(N)c1cccc(N2CCC[C@H]2C(=O)Nc2ccc(-c3ccccc3)c(S(N)(=O)=O)c2)c1. The van der Waals surface area contributed by atoms with Gasteiger partial charge in [-0.1, -0.05) is 48.5 Å². The van der Waals surface area contributed by atoms with Crippen LogP contribution in [0.2, 0.25) is 0 Å². The minimum Gasteiger partial charge on any atom is -0.384 e. The van der Waals surface area contributed by atoms with Crippen molar-refractivity contribution in [3.8, 4) is 11.1 Å². The van der Waals surface area contributed by atoms with Crippen molar-refractivity contribution >= 4 is 33.1 Å². The molecule has 0 radical (unpaired) electrons. The number of amides is 1. The molecule has 1 fully saturated rings. The lowest BCUT2D eigenvalue weighted by Crippen LogP contribution is -2.39. The fourth-order valence-corrected chi connectivity index (χ4v) is 4.90. The molecule has 8 nitrogen and oxygen atoms in total. The Labute approximate surface area is 192 Å². The van der Waals surface area contributed by atoms with Crippen molar-refractivity contribution in [3.63, 3.8) is 0 Å². The smallest absolute Gasteiger partial charge is 0.247 e. The Morgan fingerprint density at radius 1 is 1.03 bits per heavy atom. The van der Waals surface area contributed by atoms with Gasteiger partial charge in [0.05, 0.1) is 4.90 Å². The number of rotatable bonds is 6. The molecule has 9 heteroatoms. The van der Waals surface area contributed by atoms with Gasteiger partial charge in [-0.2, -0.15) is 0 Å². The van der Waals surface area contributed by atoms with Crippen molar-refractivity contribution < 1.29 is 13.2 Å². The molecule has 170 valence electrons. The summed E-state index contributed by atoms with van der Waals surface area (Å²) in [5, 5.41) is 16.0. The van der Waals surface area contributed by atoms with Gasteiger partial charge in [0.2, 0.25) is 15.9 Å². The molecule has 3 aromatic rings. The maximum Gasteiger partial charge on any atom is 0.247 e. The summed E-state index contributed by atoms with van der Waals surface area (Å²) >= 11 is 0. The maximum atomic E-state index is 13.1. The van der Waals surface area contributed by atoms with E-state index >= 15 is 0 Å². The zero-order valence-electron chi connectivity index (χ0n) is 17.9. The third-order valence-electron chi connectivity index (χ3n) is 5.68. The van der Waals surface area contributed by atoms with Crippen molar-refractivity contribution in [2.45, 2.75) is 23.8 Å². The molecule has 0 unspecified atom stereocenters. The highest BCUT2D eigenvalue weighted by Gasteiger charge is 2.31. The number of nitrogens with one attached hydrogen (secondary N) is 2. The Bertz CT molecular complexity index is 1310. The van der Waals surface area contributed by atoms with Gasteiger partial charge in [-0.25, -0.2) is 13.6 Å². The van der Waals surface area contributed by atoms with Crippen molar-refractivity contribution in [2.24, 2.45) is 10.9 Å². The number of hydrogen-bond donors (Lipinski definition) is 4. The lowest BCUT2D eigenvalue weighted by atomic mass is 10.1. The van der Waals surface area contributed by atoms with Gasteiger partial charge >= 0.3 is 0 Å². The highest BCUT2D eigenvalue weighted by Crippen LogP contribution is 2.31. The Balaban J connectivity index is 1.60. The zero-order valence-corrected chi connectivity index (χ0v) is 18.7. The highest BCUT2D eigenvalue weighted by atomic mass is 32.2. The van der Waals surface area contributed by atoms with Crippen LogP contribution >= 0.6 is 0 Å². The van der Waals surface area contributed by atoms with E-state index in [0.717, 1.165) is 12.1 Å². The molecule has 1 amide bonds. The monoisotopic (exact) mass is 463 g/mol. The summed E-state index contributed by atoms with van der Waals surface area (Å²) in [6.45, 7) is 0.689. The normalized spacial score (nSPS) is 15.9. The zero-order chi connectivity index (χ0) is 23.6. The summed E-state index contributed by atoms with van der Waals surface area (Å²) in [5.41, 5.74) is 8.55. The molecule has 6 N–H and O–H groups in total. The fraction of sp³-hybridized carbons (Fsp3) is 0.167. The molecule has 33 heavy (non-hydrogen) atoms. The highest BCUT2D eigenvalue weighted by molar-refractivity contribution is 7.89. The summed E-state index contributed by atoms with van der Waals surface area (Å²) in [7, 11) is -4.02. The van der Waals surface area contributed by atoms with Gasteiger partial charge in [0.15, 0.2) is 0 Å². The number of carbonyl (C=O) groups is 1. The standard InChI is InChI=1S/C24H25N5O3S/c25-23(26)17-8-4-9-19(14-17)29-13-5-10-21(29)24(30)28-18-11-12-20(16-6-2-1-3-7-16)22(15-18)33(27,31)32/h1-4,6-9,11-12,14-15,21H,5,10,13H2,(H3,25,26)(H,28,30)(H2,27,31,32)/t21-/m0/s1. The number of anilines is 2. The predicted octanol–water partition coefficient (Wildman–Crippen LogP) is 2.89. The number of sulfonamides is 1. The van der Waals surface area contributed by atoms with Crippen LogP contribution < -0.4 is 21.1 Å². The van der Waals surface area contributed by atoms with Crippen molar-refractivity contribution in [1.29, 1.82) is 5.41 Å². The number of hydrogen-bond acceptors (Lipinski definition) is 5. The first-order chi connectivity index (χ1) is 15.7. The predicted molar refractivity (Wildman–Crippen MR) is 130 cm³/mol. The molecule has 0 saturated carbocycles. The lowest BCUT2D eigenvalue weighted by molar-refractivity contribution is -0.117. The van der Waals surface area contributed by atoms with E-state index < -0.39 is 16.1 Å². The van der Waals surface area contributed by atoms with Crippen LogP contribution in [0.3, 0.4) is 0 Å². The largest absolute Gasteiger partial charge is 0.384 e. The number of benzene rings is 3. The van der Waals surface area contributed by atoms with Crippen LogP contribution in [-0.4, -0.2) is 32.7 Å². The lowest BCUT2D eigenvalue weighted by Gasteiger charge is -2.26. The number of amidine groups is 1. The van der Waals surface area contributed by atoms with Gasteiger partial charge in [-0.05, 0) is 42.7 Å². The van der Waals surface area contributed by atoms with Crippen LogP contribution in [0.1, 0.15) is 18.4 Å². The van der Waals surface area contributed by atoms with Crippen LogP contribution in [0.25, 0.3) is 11.1 Å². The second-order valence-corrected chi connectivity index (χ2v) is 9.46. The number of primary sulfonamides is 1. The van der Waals surface area contributed by atoms with E-state index in [1.54, 1.807) is 42.5 Å². The van der Waals surface area contributed by atoms with Gasteiger partial charge in [0.25, 0.3) is 0 Å². The first-order valence-corrected chi connectivity index (χ1v) is 12.0. The second kappa shape index (κ2) is 9.05. The van der Waals surface area contributed by atoms with Gasteiger partial charge < -0.3 is 16.0 Å². The molecule has 1 aliphatic heterocycles. The molecule has 3 aromatic carbocycles. The molecule has 1 atom stereocenters. The summed E-state index contributed by atoms with van der Waals surface area (Å²) in [5.74, 6) is -0.278. The van der Waals surface area contributed by atoms with E-state index in [1.807, 2.05) is 29.2 Å². The summed E-state index contributed by atoms with van der Waals surface area (Å²) < 4.78 is 24.5. The van der Waals surface area contributed by atoms with E-state index in [2.05, 4.69) is 5.32 Å². The van der Waals surface area contributed by atoms with E-state index in [-0.39, 0.29) is 16.6 Å². The third-order valence-corrected chi connectivity index (χ3v) is 6.64. The molecule has 0 bridgehead atoms. The van der Waals surface area contributed by atoms with Crippen molar-refractivity contribution in [1.82, 2.24) is 0 Å². The van der Waals surface area contributed by atoms with Crippen LogP contribution in [0.4, 0.5) is 11.4 Å². The average molecular weight is 464 g/mol. The average Bonchev–Trinajstić information content (AvgIpc) is 3.29. The molecule has 1 saturated heterocycles. The molecular weight excluding hydrogens is 438 g/mol. The van der Waals surface area contributed by atoms with Gasteiger partial charge in [-0.15, -0.1) is 0 Å². The first kappa shape index (κ1) is 22.5. The van der Waals surface area contributed by atoms with E-state index in [9.17, 15) is 13.2 Å². The maximum absolute atomic E-state index is 13.1. The van der Waals surface area contributed by atoms with Gasteiger partial charge in [0, 0.05) is 29.0 Å². The third kappa shape index (κ3) is 4.89. The Kier molecular flexibility index (Phi) is 6.17. The van der Waals surface area contributed by atoms with E-state index in [1.165, 1.54) is 6.07 Å². The Morgan fingerprint density at radius 2 is 1.79 bits per heavy atom. The van der Waals surface area contributed by atoms with Crippen LogP contribution in [0.5, 0.6) is 0 Å². The van der Waals surface area contributed by atoms with Crippen LogP contribution in [0, 0.1) is 5.41 Å². The summed E-state index contributed by atoms with van der Waals surface area (Å²) in [4.78, 5) is 15.1. The Morgan fingerprint density at radius 3 is 2.48 bits per heavy atom. The quantitative estimate of drug-likeness (QED) is 0.328. The minimum absolute atomic E-state index is 0.0360. The molecule has 4 rings (SSSR count). The summed E-state index contributed by atoms with van der Waals surface area (Å²) in [6, 6.07) is 20.6. The number of nitrogen functional groups attached to an aromatic ring is 1. The first-order valence-electron chi connectivity index (χ1n) is 10.5. The summed E-state index contributed by atoms with van der Waals surface area (Å²) in [6.07, 6.45) is 1.48. The van der Waals surface area contributed by atoms with Crippen LogP contribution in [-0.2, 0) is 14.8 Å². The number of carbonyl (C=O) groups excluding carboxylic acids is 1. The Hall–Kier alpha value is -3.69. The second-order valence-electron chi connectivity index (χ2n) is 7.93. The molecule has 0 spiro atoms. The van der Waals surface area contributed by atoms with E-state index in [0.29, 0.717) is 35.3 Å². The fourth-order valence-electron chi connectivity index (χ4n) is 4.12. The van der Waals surface area contributed by atoms with E-state index in [4.69, 9.17) is 16.3 Å². The molecule has 0 aromatic heterocycles. The minimum atomic E-state index is -4.02. The van der Waals surface area contributed by atoms with Crippen LogP contribution in [0.15, 0.2) is 77.7 Å². The van der Waals surface area contributed by atoms with Gasteiger partial charge in [0.1, 0.15) is 11.9 Å². The van der Waals surface area contributed by atoms with Gasteiger partial charge in [-0.3, -0.25) is 10.2 Å². The van der Waals surface area contributed by atoms with Crippen molar-refractivity contribution in [2.75, 3.05) is 16.8 Å². The molecule has 1 heterocycles. The molecule has 1 aliphatic rings.